The summed E-state index contributed by atoms with van der Waals surface area (Å²) >= 11 is 1.45. The van der Waals surface area contributed by atoms with Gasteiger partial charge >= 0.3 is 0 Å². The van der Waals surface area contributed by atoms with Gasteiger partial charge in [0.25, 0.3) is 0 Å². The first-order valence-electron chi connectivity index (χ1n) is 10.1. The first kappa shape index (κ1) is 18.4. The van der Waals surface area contributed by atoms with Gasteiger partial charge in [-0.25, -0.2) is 0 Å². The Kier molecular flexibility index (Phi) is 4.86. The van der Waals surface area contributed by atoms with E-state index in [1.807, 2.05) is 0 Å². The number of thioether (sulfide) groups is 1. The number of carbonyl (C=O) groups is 1. The summed E-state index contributed by atoms with van der Waals surface area (Å²) in [6.45, 7) is 1.75. The second kappa shape index (κ2) is 7.66. The van der Waals surface area contributed by atoms with Crippen molar-refractivity contribution < 1.29 is 4.79 Å². The van der Waals surface area contributed by atoms with Crippen LogP contribution in [0.3, 0.4) is 0 Å². The van der Waals surface area contributed by atoms with E-state index in [1.165, 1.54) is 38.9 Å². The molecule has 5 rings (SSSR count). The molecule has 144 valence electrons. The van der Waals surface area contributed by atoms with E-state index >= 15 is 0 Å². The molecule has 0 saturated heterocycles. The Morgan fingerprint density at radius 2 is 1.21 bits per heavy atom. The third-order valence-electron chi connectivity index (χ3n) is 6.06. The van der Waals surface area contributed by atoms with Crippen LogP contribution < -0.4 is 0 Å². The molecule has 0 aromatic heterocycles. The Morgan fingerprint density at radius 1 is 0.724 bits per heavy atom. The molecule has 0 radical (unpaired) electrons. The number of rotatable bonds is 4. The van der Waals surface area contributed by atoms with Crippen LogP contribution in [0.1, 0.15) is 29.5 Å². The van der Waals surface area contributed by atoms with Gasteiger partial charge in [0.15, 0.2) is 5.12 Å². The lowest BCUT2D eigenvalue weighted by atomic mass is 9.75. The van der Waals surface area contributed by atoms with Crippen molar-refractivity contribution in [1.29, 1.82) is 0 Å². The summed E-state index contributed by atoms with van der Waals surface area (Å²) in [5, 5.41) is 0.293. The van der Waals surface area contributed by atoms with Crippen LogP contribution in [0.15, 0.2) is 101 Å². The molecule has 0 spiro atoms. The molecule has 0 atom stereocenters. The predicted octanol–water partition coefficient (Wildman–Crippen LogP) is 5.60. The van der Waals surface area contributed by atoms with Crippen LogP contribution in [0.25, 0.3) is 0 Å². The van der Waals surface area contributed by atoms with Gasteiger partial charge in [0, 0.05) is 24.4 Å². The monoisotopic (exact) mass is 397 g/mol. The first-order valence-corrected chi connectivity index (χ1v) is 10.9. The van der Waals surface area contributed by atoms with E-state index in [9.17, 15) is 4.79 Å². The minimum atomic E-state index is -0.394. The molecule has 0 fully saturated rings. The van der Waals surface area contributed by atoms with Crippen LogP contribution in [0, 0.1) is 0 Å². The molecule has 3 heteroatoms. The van der Waals surface area contributed by atoms with E-state index in [-0.39, 0.29) is 0 Å². The van der Waals surface area contributed by atoms with Gasteiger partial charge in [0.2, 0.25) is 0 Å². The van der Waals surface area contributed by atoms with E-state index in [0.29, 0.717) is 11.5 Å². The second-order valence-corrected chi connectivity index (χ2v) is 8.81. The highest BCUT2D eigenvalue weighted by Gasteiger charge is 2.44. The minimum absolute atomic E-state index is 0.293. The molecule has 3 aromatic carbocycles. The third-order valence-corrected chi connectivity index (χ3v) is 7.09. The van der Waals surface area contributed by atoms with Crippen LogP contribution in [0.5, 0.6) is 0 Å². The molecular weight excluding hydrogens is 374 g/mol. The molecule has 0 unspecified atom stereocenters. The lowest BCUT2D eigenvalue weighted by Crippen LogP contribution is -2.50. The van der Waals surface area contributed by atoms with Crippen molar-refractivity contribution in [3.8, 4) is 0 Å². The third kappa shape index (κ3) is 3.15. The lowest BCUT2D eigenvalue weighted by molar-refractivity contribution is -0.110. The summed E-state index contributed by atoms with van der Waals surface area (Å²) in [6, 6.07) is 32.4. The van der Waals surface area contributed by atoms with Crippen LogP contribution >= 0.6 is 11.8 Å². The number of hydrogen-bond donors (Lipinski definition) is 0. The Hall–Kier alpha value is -2.62. The number of nitrogens with zero attached hydrogens (tertiary/aromatic N) is 1. The largest absolute Gasteiger partial charge is 0.286 e. The van der Waals surface area contributed by atoms with Crippen molar-refractivity contribution in [1.82, 2.24) is 4.90 Å². The van der Waals surface area contributed by atoms with Gasteiger partial charge in [0.1, 0.15) is 0 Å². The van der Waals surface area contributed by atoms with Crippen molar-refractivity contribution >= 4 is 16.9 Å². The van der Waals surface area contributed by atoms with Crippen molar-refractivity contribution in [2.45, 2.75) is 18.4 Å². The molecule has 3 aromatic rings. The Bertz CT molecular complexity index is 947. The zero-order valence-electron chi connectivity index (χ0n) is 16.3. The van der Waals surface area contributed by atoms with Crippen molar-refractivity contribution in [3.05, 3.63) is 118 Å². The summed E-state index contributed by atoms with van der Waals surface area (Å²) < 4.78 is 0. The van der Waals surface area contributed by atoms with Gasteiger partial charge in [-0.15, -0.1) is 0 Å². The fourth-order valence-electron chi connectivity index (χ4n) is 4.78. The number of carbonyl (C=O) groups excluding carboxylic acids is 1. The summed E-state index contributed by atoms with van der Waals surface area (Å²) in [4.78, 5) is 15.9. The van der Waals surface area contributed by atoms with E-state index in [0.717, 1.165) is 19.5 Å². The fourth-order valence-corrected chi connectivity index (χ4v) is 5.84. The lowest BCUT2D eigenvalue weighted by Gasteiger charge is -2.47. The second-order valence-electron chi connectivity index (χ2n) is 7.66. The van der Waals surface area contributed by atoms with Crippen LogP contribution in [0.2, 0.25) is 0 Å². The molecule has 0 amide bonds. The highest BCUT2D eigenvalue weighted by atomic mass is 32.2. The number of benzene rings is 3. The zero-order chi connectivity index (χ0) is 19.7. The van der Waals surface area contributed by atoms with Crippen LogP contribution in [-0.2, 0) is 10.3 Å². The summed E-state index contributed by atoms with van der Waals surface area (Å²) in [5.41, 5.74) is 4.73. The quantitative estimate of drug-likeness (QED) is 0.534. The Balaban J connectivity index is 1.74. The number of hydrogen-bond acceptors (Lipinski definition) is 3. The average molecular weight is 398 g/mol. The standard InChI is InChI=1S/C26H23NOS/c28-25-18-20-16-17-27(19-24(20)29-25)26(21-10-4-1-5-11-21,22-12-6-2-7-13-22)23-14-8-3-9-15-23/h1-15H,16-19H2. The predicted molar refractivity (Wildman–Crippen MR) is 120 cm³/mol. The maximum absolute atomic E-state index is 12.1. The zero-order valence-corrected chi connectivity index (χ0v) is 17.1. The van der Waals surface area contributed by atoms with E-state index in [4.69, 9.17) is 0 Å². The van der Waals surface area contributed by atoms with Gasteiger partial charge < -0.3 is 0 Å². The van der Waals surface area contributed by atoms with Crippen molar-refractivity contribution in [3.63, 3.8) is 0 Å². The maximum Gasteiger partial charge on any atom is 0.197 e. The maximum atomic E-state index is 12.1. The normalized spacial score (nSPS) is 17.4. The Morgan fingerprint density at radius 3 is 1.69 bits per heavy atom. The summed E-state index contributed by atoms with van der Waals surface area (Å²) in [6.07, 6.45) is 1.59. The van der Waals surface area contributed by atoms with E-state index in [2.05, 4.69) is 95.9 Å². The SMILES string of the molecule is O=C1CC2=C(CN(C(c3ccccc3)(c3ccccc3)c3ccccc3)CC2)S1. The molecular formula is C26H23NOS. The van der Waals surface area contributed by atoms with E-state index < -0.39 is 5.54 Å². The molecule has 0 bridgehead atoms. The molecule has 2 nitrogen and oxygen atoms in total. The molecule has 2 aliphatic rings. The van der Waals surface area contributed by atoms with Gasteiger partial charge in [-0.05, 0) is 28.7 Å². The topological polar surface area (TPSA) is 20.3 Å². The molecule has 0 saturated carbocycles. The first-order chi connectivity index (χ1) is 14.3. The molecule has 29 heavy (non-hydrogen) atoms. The summed E-state index contributed by atoms with van der Waals surface area (Å²) in [7, 11) is 0. The molecule has 0 aliphatic carbocycles. The smallest absolute Gasteiger partial charge is 0.197 e. The van der Waals surface area contributed by atoms with Gasteiger partial charge in [0.05, 0.1) is 5.54 Å². The van der Waals surface area contributed by atoms with Gasteiger partial charge in [-0.3, -0.25) is 9.69 Å². The van der Waals surface area contributed by atoms with Crippen molar-refractivity contribution in [2.75, 3.05) is 13.1 Å². The molecule has 2 heterocycles. The summed E-state index contributed by atoms with van der Waals surface area (Å²) in [5.74, 6) is 0. The molecule has 0 N–H and O–H groups in total. The average Bonchev–Trinajstić information content (AvgIpc) is 3.16. The molecule has 2 aliphatic heterocycles. The van der Waals surface area contributed by atoms with E-state index in [1.54, 1.807) is 0 Å². The highest BCUT2D eigenvalue weighted by Crippen LogP contribution is 2.47. The van der Waals surface area contributed by atoms with Crippen molar-refractivity contribution in [2.24, 2.45) is 0 Å². The van der Waals surface area contributed by atoms with Crippen LogP contribution in [-0.4, -0.2) is 23.1 Å². The Labute approximate surface area is 176 Å². The minimum Gasteiger partial charge on any atom is -0.286 e. The van der Waals surface area contributed by atoms with Crippen LogP contribution in [0.4, 0.5) is 0 Å². The highest BCUT2D eigenvalue weighted by molar-refractivity contribution is 8.17. The van der Waals surface area contributed by atoms with Gasteiger partial charge in [-0.1, -0.05) is 103 Å². The fraction of sp³-hybridized carbons (Fsp3) is 0.192. The van der Waals surface area contributed by atoms with Gasteiger partial charge in [-0.2, -0.15) is 0 Å².